The van der Waals surface area contributed by atoms with Gasteiger partial charge in [-0.3, -0.25) is 9.69 Å². The number of nitrogens with zero attached hydrogens (tertiary/aromatic N) is 1. The van der Waals surface area contributed by atoms with Crippen LogP contribution in [0.1, 0.15) is 28.9 Å². The predicted molar refractivity (Wildman–Crippen MR) is 73.6 cm³/mol. The normalized spacial score (nSPS) is 28.5. The molecule has 2 heterocycles. The van der Waals surface area contributed by atoms with E-state index in [-0.39, 0.29) is 5.78 Å². The van der Waals surface area contributed by atoms with Gasteiger partial charge in [-0.05, 0) is 52.1 Å². The molecule has 1 saturated heterocycles. The van der Waals surface area contributed by atoms with Gasteiger partial charge in [0.05, 0.1) is 11.4 Å². The van der Waals surface area contributed by atoms with E-state index in [9.17, 15) is 4.79 Å². The molecular formula is C13H16BrNOS. The van der Waals surface area contributed by atoms with Crippen molar-refractivity contribution in [1.82, 2.24) is 4.90 Å². The Morgan fingerprint density at radius 2 is 2.12 bits per heavy atom. The van der Waals surface area contributed by atoms with Crippen molar-refractivity contribution in [3.63, 3.8) is 0 Å². The molecule has 4 heteroatoms. The van der Waals surface area contributed by atoms with Gasteiger partial charge in [0.25, 0.3) is 0 Å². The lowest BCUT2D eigenvalue weighted by Crippen LogP contribution is -2.28. The number of hydrogen-bond acceptors (Lipinski definition) is 3. The van der Waals surface area contributed by atoms with Gasteiger partial charge in [-0.15, -0.1) is 11.3 Å². The lowest BCUT2D eigenvalue weighted by molar-refractivity contribution is 0.0944. The van der Waals surface area contributed by atoms with Crippen LogP contribution in [0.3, 0.4) is 0 Å². The van der Waals surface area contributed by atoms with E-state index < -0.39 is 0 Å². The molecule has 1 aliphatic carbocycles. The number of carbonyl (C=O) groups excluding carboxylic acids is 1. The summed E-state index contributed by atoms with van der Waals surface area (Å²) in [6.07, 6.45) is 4.14. The van der Waals surface area contributed by atoms with Gasteiger partial charge in [0.2, 0.25) is 0 Å². The molecule has 0 aromatic carbocycles. The van der Waals surface area contributed by atoms with Crippen LogP contribution in [0, 0.1) is 11.8 Å². The molecule has 3 rings (SSSR count). The Kier molecular flexibility index (Phi) is 3.37. The van der Waals surface area contributed by atoms with Crippen molar-refractivity contribution in [3.8, 4) is 0 Å². The maximum absolute atomic E-state index is 12.1. The van der Waals surface area contributed by atoms with Crippen molar-refractivity contribution in [2.45, 2.75) is 19.3 Å². The highest BCUT2D eigenvalue weighted by Gasteiger charge is 2.36. The van der Waals surface area contributed by atoms with E-state index in [4.69, 9.17) is 0 Å². The fourth-order valence-electron chi connectivity index (χ4n) is 3.23. The van der Waals surface area contributed by atoms with E-state index >= 15 is 0 Å². The van der Waals surface area contributed by atoms with E-state index in [1.54, 1.807) is 0 Å². The average molecular weight is 314 g/mol. The fourth-order valence-corrected chi connectivity index (χ4v) is 4.75. The van der Waals surface area contributed by atoms with Crippen LogP contribution in [-0.4, -0.2) is 30.3 Å². The number of rotatable bonds is 3. The Labute approximate surface area is 114 Å². The minimum Gasteiger partial charge on any atom is -0.295 e. The minimum absolute atomic E-state index is 0.270. The zero-order valence-electron chi connectivity index (χ0n) is 9.69. The highest BCUT2D eigenvalue weighted by Crippen LogP contribution is 2.37. The number of ketones is 1. The van der Waals surface area contributed by atoms with Crippen LogP contribution in [0.15, 0.2) is 15.9 Å². The zero-order chi connectivity index (χ0) is 11.8. The van der Waals surface area contributed by atoms with Crippen LogP contribution in [-0.2, 0) is 0 Å². The summed E-state index contributed by atoms with van der Waals surface area (Å²) in [5, 5.41) is 1.97. The number of thiophene rings is 1. The summed E-state index contributed by atoms with van der Waals surface area (Å²) in [7, 11) is 0. The van der Waals surface area contributed by atoms with Crippen LogP contribution in [0.5, 0.6) is 0 Å². The van der Waals surface area contributed by atoms with Crippen LogP contribution >= 0.6 is 27.3 Å². The molecule has 1 aromatic heterocycles. The third kappa shape index (κ3) is 2.35. The second kappa shape index (κ2) is 4.82. The first-order chi connectivity index (χ1) is 8.24. The molecular weight excluding hydrogens is 298 g/mol. The van der Waals surface area contributed by atoms with E-state index in [1.165, 1.54) is 30.6 Å². The first-order valence-corrected chi connectivity index (χ1v) is 7.90. The summed E-state index contributed by atoms with van der Waals surface area (Å²) < 4.78 is 0.951. The van der Waals surface area contributed by atoms with Gasteiger partial charge in [0.1, 0.15) is 0 Å². The van der Waals surface area contributed by atoms with Gasteiger partial charge in [0.15, 0.2) is 5.78 Å². The SMILES string of the molecule is O=C(CN1CC2CCCC2C1)c1sccc1Br. The summed E-state index contributed by atoms with van der Waals surface area (Å²) in [5.41, 5.74) is 0. The Morgan fingerprint density at radius 3 is 2.71 bits per heavy atom. The monoisotopic (exact) mass is 313 g/mol. The first-order valence-electron chi connectivity index (χ1n) is 6.22. The van der Waals surface area contributed by atoms with Crippen molar-refractivity contribution in [2.75, 3.05) is 19.6 Å². The summed E-state index contributed by atoms with van der Waals surface area (Å²) in [6.45, 7) is 2.88. The Balaban J connectivity index is 1.61. The van der Waals surface area contributed by atoms with Gasteiger partial charge < -0.3 is 0 Å². The Morgan fingerprint density at radius 1 is 1.41 bits per heavy atom. The number of fused-ring (bicyclic) bond motifs is 1. The number of Topliss-reactive ketones (excluding diaryl/α,β-unsaturated/α-hetero) is 1. The molecule has 1 saturated carbocycles. The fraction of sp³-hybridized carbons (Fsp3) is 0.615. The second-order valence-corrected chi connectivity index (χ2v) is 6.94. The molecule has 2 fully saturated rings. The maximum atomic E-state index is 12.1. The molecule has 2 unspecified atom stereocenters. The van der Waals surface area contributed by atoms with Crippen molar-refractivity contribution in [1.29, 1.82) is 0 Å². The minimum atomic E-state index is 0.270. The highest BCUT2D eigenvalue weighted by atomic mass is 79.9. The van der Waals surface area contributed by atoms with Crippen LogP contribution in [0.2, 0.25) is 0 Å². The number of halogens is 1. The summed E-state index contributed by atoms with van der Waals surface area (Å²) in [6, 6.07) is 1.95. The standard InChI is InChI=1S/C13H16BrNOS/c14-11-4-5-17-13(11)12(16)8-15-6-9-2-1-3-10(9)7-15/h4-5,9-10H,1-3,6-8H2. The summed E-state index contributed by atoms with van der Waals surface area (Å²) in [5.74, 6) is 2.01. The molecule has 1 aromatic rings. The van der Waals surface area contributed by atoms with Crippen molar-refractivity contribution < 1.29 is 4.79 Å². The molecule has 17 heavy (non-hydrogen) atoms. The zero-order valence-corrected chi connectivity index (χ0v) is 12.1. The van der Waals surface area contributed by atoms with Gasteiger partial charge in [-0.1, -0.05) is 6.42 Å². The molecule has 1 aliphatic heterocycles. The van der Waals surface area contributed by atoms with Crippen LogP contribution in [0.4, 0.5) is 0 Å². The number of likely N-dealkylation sites (tertiary alicyclic amines) is 1. The van der Waals surface area contributed by atoms with Crippen molar-refractivity contribution >= 4 is 33.0 Å². The number of carbonyl (C=O) groups is 1. The second-order valence-electron chi connectivity index (χ2n) is 5.17. The summed E-state index contributed by atoms with van der Waals surface area (Å²) in [4.78, 5) is 15.4. The van der Waals surface area contributed by atoms with Crippen molar-refractivity contribution in [3.05, 3.63) is 20.8 Å². The lowest BCUT2D eigenvalue weighted by atomic mass is 10.0. The Hall–Kier alpha value is -0.190. The quantitative estimate of drug-likeness (QED) is 0.797. The van der Waals surface area contributed by atoms with E-state index in [0.717, 1.165) is 34.3 Å². The Bertz CT molecular complexity index is 419. The molecule has 92 valence electrons. The van der Waals surface area contributed by atoms with Gasteiger partial charge >= 0.3 is 0 Å². The molecule has 0 bridgehead atoms. The first kappa shape index (κ1) is 11.9. The molecule has 0 amide bonds. The van der Waals surface area contributed by atoms with E-state index in [1.807, 2.05) is 11.4 Å². The van der Waals surface area contributed by atoms with E-state index in [2.05, 4.69) is 20.8 Å². The molecule has 2 atom stereocenters. The van der Waals surface area contributed by atoms with E-state index in [0.29, 0.717) is 6.54 Å². The molecule has 2 nitrogen and oxygen atoms in total. The average Bonchev–Trinajstić information content (AvgIpc) is 2.92. The van der Waals surface area contributed by atoms with Gasteiger partial charge in [0, 0.05) is 17.6 Å². The topological polar surface area (TPSA) is 20.3 Å². The largest absolute Gasteiger partial charge is 0.295 e. The van der Waals surface area contributed by atoms with Gasteiger partial charge in [-0.2, -0.15) is 0 Å². The summed E-state index contributed by atoms with van der Waals surface area (Å²) >= 11 is 4.98. The maximum Gasteiger partial charge on any atom is 0.187 e. The molecule has 0 spiro atoms. The van der Waals surface area contributed by atoms with Crippen LogP contribution < -0.4 is 0 Å². The molecule has 2 aliphatic rings. The number of hydrogen-bond donors (Lipinski definition) is 0. The third-order valence-electron chi connectivity index (χ3n) is 4.04. The van der Waals surface area contributed by atoms with Crippen molar-refractivity contribution in [2.24, 2.45) is 11.8 Å². The predicted octanol–water partition coefficient (Wildman–Crippen LogP) is 3.43. The third-order valence-corrected chi connectivity index (χ3v) is 5.92. The molecule has 0 N–H and O–H groups in total. The lowest BCUT2D eigenvalue weighted by Gasteiger charge is -2.15. The van der Waals surface area contributed by atoms with Gasteiger partial charge in [-0.25, -0.2) is 0 Å². The smallest absolute Gasteiger partial charge is 0.187 e. The highest BCUT2D eigenvalue weighted by molar-refractivity contribution is 9.10. The van der Waals surface area contributed by atoms with Crippen LogP contribution in [0.25, 0.3) is 0 Å². The molecule has 0 radical (unpaired) electrons.